The summed E-state index contributed by atoms with van der Waals surface area (Å²) in [6, 6.07) is 11.4. The van der Waals surface area contributed by atoms with Gasteiger partial charge in [0.2, 0.25) is 0 Å². The molecule has 0 aromatic heterocycles. The van der Waals surface area contributed by atoms with Crippen LogP contribution in [-0.2, 0) is 21.4 Å². The molecule has 9 heteroatoms. The maximum absolute atomic E-state index is 12.8. The molecule has 2 aromatic carbocycles. The highest BCUT2D eigenvalue weighted by atomic mass is 35.5. The van der Waals surface area contributed by atoms with Crippen LogP contribution >= 0.6 is 11.6 Å². The molecule has 0 aliphatic carbocycles. The number of carbonyl (C=O) groups is 1. The molecule has 3 rings (SSSR count). The molecule has 2 aromatic rings. The number of rotatable bonds is 8. The first-order valence-corrected chi connectivity index (χ1v) is 12.4. The van der Waals surface area contributed by atoms with E-state index in [1.807, 2.05) is 19.9 Å². The smallest absolute Gasteiger partial charge is 0.340 e. The minimum absolute atomic E-state index is 0.00378. The summed E-state index contributed by atoms with van der Waals surface area (Å²) < 4.78 is 36.8. The first kappa shape index (κ1) is 24.4. The second-order valence-electron chi connectivity index (χ2n) is 8.19. The SMILES string of the molecule is Cc1cccc(Cl)c1S(=O)(=O)Oc1cccc(CN(C[C@H]2CCCO2)C(=O)NC(C)C)c1. The van der Waals surface area contributed by atoms with E-state index < -0.39 is 10.1 Å². The number of hydrogen-bond acceptors (Lipinski definition) is 5. The molecule has 0 radical (unpaired) electrons. The Morgan fingerprint density at radius 2 is 2.03 bits per heavy atom. The van der Waals surface area contributed by atoms with E-state index in [1.54, 1.807) is 42.2 Å². The third-order valence-corrected chi connectivity index (χ3v) is 6.92. The summed E-state index contributed by atoms with van der Waals surface area (Å²) in [5, 5.41) is 3.02. The van der Waals surface area contributed by atoms with Crippen molar-refractivity contribution in [1.82, 2.24) is 10.2 Å². The number of nitrogens with zero attached hydrogens (tertiary/aromatic N) is 1. The van der Waals surface area contributed by atoms with Gasteiger partial charge in [-0.2, -0.15) is 8.42 Å². The van der Waals surface area contributed by atoms with Crippen LogP contribution in [-0.4, -0.2) is 44.6 Å². The van der Waals surface area contributed by atoms with Gasteiger partial charge in [-0.1, -0.05) is 35.9 Å². The van der Waals surface area contributed by atoms with Crippen molar-refractivity contribution in [3.05, 3.63) is 58.6 Å². The average molecular weight is 481 g/mol. The van der Waals surface area contributed by atoms with E-state index in [2.05, 4.69) is 5.32 Å². The summed E-state index contributed by atoms with van der Waals surface area (Å²) in [6.07, 6.45) is 1.88. The van der Waals surface area contributed by atoms with E-state index in [0.717, 1.165) is 18.4 Å². The molecule has 1 aliphatic heterocycles. The zero-order chi connectivity index (χ0) is 23.3. The molecule has 1 N–H and O–H groups in total. The van der Waals surface area contributed by atoms with Crippen molar-refractivity contribution in [3.63, 3.8) is 0 Å². The minimum Gasteiger partial charge on any atom is -0.379 e. The summed E-state index contributed by atoms with van der Waals surface area (Å²) in [6.45, 7) is 6.92. The molecule has 0 saturated carbocycles. The number of hydrogen-bond donors (Lipinski definition) is 1. The summed E-state index contributed by atoms with van der Waals surface area (Å²) in [7, 11) is -4.12. The van der Waals surface area contributed by atoms with Crippen molar-refractivity contribution < 1.29 is 22.1 Å². The number of nitrogens with one attached hydrogen (secondary N) is 1. The van der Waals surface area contributed by atoms with Gasteiger partial charge in [0.15, 0.2) is 0 Å². The zero-order valence-corrected chi connectivity index (χ0v) is 20.1. The molecular formula is C23H29ClN2O5S. The lowest BCUT2D eigenvalue weighted by Gasteiger charge is -2.27. The number of ether oxygens (including phenoxy) is 1. The van der Waals surface area contributed by atoms with Crippen LogP contribution in [0.5, 0.6) is 5.75 Å². The highest BCUT2D eigenvalue weighted by Crippen LogP contribution is 2.28. The fourth-order valence-corrected chi connectivity index (χ4v) is 5.32. The minimum atomic E-state index is -4.12. The lowest BCUT2D eigenvalue weighted by molar-refractivity contribution is 0.0791. The van der Waals surface area contributed by atoms with Gasteiger partial charge in [-0.15, -0.1) is 0 Å². The molecule has 0 unspecified atom stereocenters. The molecular weight excluding hydrogens is 452 g/mol. The molecule has 1 saturated heterocycles. The third kappa shape index (κ3) is 6.37. The maximum Gasteiger partial charge on any atom is 0.340 e. The predicted molar refractivity (Wildman–Crippen MR) is 123 cm³/mol. The van der Waals surface area contributed by atoms with Crippen molar-refractivity contribution in [2.24, 2.45) is 0 Å². The van der Waals surface area contributed by atoms with Gasteiger partial charge in [-0.05, 0) is 62.9 Å². The maximum atomic E-state index is 12.8. The van der Waals surface area contributed by atoms with Crippen LogP contribution in [0.15, 0.2) is 47.4 Å². The van der Waals surface area contributed by atoms with E-state index in [1.165, 1.54) is 6.07 Å². The van der Waals surface area contributed by atoms with Crippen LogP contribution in [0.3, 0.4) is 0 Å². The van der Waals surface area contributed by atoms with Crippen molar-refractivity contribution in [2.45, 2.75) is 57.2 Å². The Morgan fingerprint density at radius 3 is 2.69 bits per heavy atom. The molecule has 1 heterocycles. The van der Waals surface area contributed by atoms with E-state index in [-0.39, 0.29) is 33.8 Å². The van der Waals surface area contributed by atoms with Gasteiger partial charge in [-0.3, -0.25) is 0 Å². The number of halogens is 1. The average Bonchev–Trinajstić information content (AvgIpc) is 3.19. The predicted octanol–water partition coefficient (Wildman–Crippen LogP) is 4.52. The van der Waals surface area contributed by atoms with Crippen LogP contribution < -0.4 is 9.50 Å². The van der Waals surface area contributed by atoms with Crippen molar-refractivity contribution in [3.8, 4) is 5.75 Å². The lowest BCUT2D eigenvalue weighted by atomic mass is 10.2. The van der Waals surface area contributed by atoms with Gasteiger partial charge < -0.3 is 19.1 Å². The fourth-order valence-electron chi connectivity index (χ4n) is 3.61. The Hall–Kier alpha value is -2.29. The second kappa shape index (κ2) is 10.6. The van der Waals surface area contributed by atoms with E-state index in [4.69, 9.17) is 20.5 Å². The van der Waals surface area contributed by atoms with Crippen molar-refractivity contribution in [2.75, 3.05) is 13.2 Å². The Balaban J connectivity index is 1.79. The van der Waals surface area contributed by atoms with Crippen LogP contribution in [0.1, 0.15) is 37.8 Å². The molecule has 7 nitrogen and oxygen atoms in total. The van der Waals surface area contributed by atoms with Gasteiger partial charge >= 0.3 is 16.1 Å². The standard InChI is InChI=1S/C23H29ClN2O5S/c1-16(2)25-23(27)26(15-20-10-6-12-30-20)14-18-8-5-9-19(13-18)31-32(28,29)22-17(3)7-4-11-21(22)24/h4-5,7-9,11,13,16,20H,6,10,12,14-15H2,1-3H3,(H,25,27)/t20-/m1/s1. The van der Waals surface area contributed by atoms with Crippen molar-refractivity contribution in [1.29, 1.82) is 0 Å². The Morgan fingerprint density at radius 1 is 1.28 bits per heavy atom. The highest BCUT2D eigenvalue weighted by Gasteiger charge is 2.25. The lowest BCUT2D eigenvalue weighted by Crippen LogP contribution is -2.45. The monoisotopic (exact) mass is 480 g/mol. The topological polar surface area (TPSA) is 84.9 Å². The number of carbonyl (C=O) groups excluding carboxylic acids is 1. The molecule has 32 heavy (non-hydrogen) atoms. The molecule has 2 amide bonds. The number of benzene rings is 2. The van der Waals surface area contributed by atoms with E-state index >= 15 is 0 Å². The van der Waals surface area contributed by atoms with Crippen LogP contribution in [0.4, 0.5) is 4.79 Å². The van der Waals surface area contributed by atoms with Crippen LogP contribution in [0, 0.1) is 6.92 Å². The quantitative estimate of drug-likeness (QED) is 0.561. The number of urea groups is 1. The van der Waals surface area contributed by atoms with E-state index in [0.29, 0.717) is 25.3 Å². The summed E-state index contributed by atoms with van der Waals surface area (Å²) in [4.78, 5) is 14.4. The zero-order valence-electron chi connectivity index (χ0n) is 18.5. The van der Waals surface area contributed by atoms with Gasteiger partial charge in [0.25, 0.3) is 0 Å². The Labute approximate surface area is 194 Å². The largest absolute Gasteiger partial charge is 0.379 e. The first-order valence-electron chi connectivity index (χ1n) is 10.6. The van der Waals surface area contributed by atoms with Crippen LogP contribution in [0.25, 0.3) is 0 Å². The van der Waals surface area contributed by atoms with Gasteiger partial charge in [-0.25, -0.2) is 4.79 Å². The van der Waals surface area contributed by atoms with Gasteiger partial charge in [0, 0.05) is 25.7 Å². The Bertz CT molecular complexity index is 1030. The third-order valence-electron chi connectivity index (χ3n) is 5.04. The van der Waals surface area contributed by atoms with Crippen LogP contribution in [0.2, 0.25) is 5.02 Å². The summed E-state index contributed by atoms with van der Waals surface area (Å²) >= 11 is 6.12. The molecule has 1 aliphatic rings. The van der Waals surface area contributed by atoms with Gasteiger partial charge in [0.05, 0.1) is 11.1 Å². The summed E-state index contributed by atoms with van der Waals surface area (Å²) in [5.41, 5.74) is 1.24. The fraction of sp³-hybridized carbons (Fsp3) is 0.435. The highest BCUT2D eigenvalue weighted by molar-refractivity contribution is 7.87. The Kier molecular flexibility index (Phi) is 8.03. The molecule has 0 spiro atoms. The molecule has 174 valence electrons. The molecule has 1 fully saturated rings. The van der Waals surface area contributed by atoms with E-state index in [9.17, 15) is 13.2 Å². The molecule has 1 atom stereocenters. The normalized spacial score (nSPS) is 16.2. The second-order valence-corrected chi connectivity index (χ2v) is 10.1. The number of amides is 2. The van der Waals surface area contributed by atoms with Gasteiger partial charge in [0.1, 0.15) is 10.6 Å². The number of aryl methyl sites for hydroxylation is 1. The molecule has 0 bridgehead atoms. The van der Waals surface area contributed by atoms with Crippen molar-refractivity contribution >= 4 is 27.8 Å². The first-order chi connectivity index (χ1) is 15.2. The summed E-state index contributed by atoms with van der Waals surface area (Å²) in [5.74, 6) is 0.156.